The van der Waals surface area contributed by atoms with Gasteiger partial charge >= 0.3 is 0 Å². The summed E-state index contributed by atoms with van der Waals surface area (Å²) >= 11 is 3.31. The summed E-state index contributed by atoms with van der Waals surface area (Å²) in [6.45, 7) is 0. The fourth-order valence-corrected chi connectivity index (χ4v) is 1.39. The van der Waals surface area contributed by atoms with Gasteiger partial charge in [-0.25, -0.2) is 4.98 Å². The van der Waals surface area contributed by atoms with Gasteiger partial charge in [-0.05, 0) is 15.9 Å². The monoisotopic (exact) mass is 222 g/mol. The Morgan fingerprint density at radius 2 is 2.33 bits per heavy atom. The van der Waals surface area contributed by atoms with Crippen molar-refractivity contribution in [3.63, 3.8) is 0 Å². The van der Waals surface area contributed by atoms with Crippen molar-refractivity contribution in [3.05, 3.63) is 22.6 Å². The number of aromatic nitrogens is 3. The number of aromatic amines is 1. The van der Waals surface area contributed by atoms with Crippen LogP contribution in [-0.4, -0.2) is 15.2 Å². The summed E-state index contributed by atoms with van der Waals surface area (Å²) in [5.74, 6) is 0. The van der Waals surface area contributed by atoms with Crippen LogP contribution in [0.25, 0.3) is 10.9 Å². The maximum Gasteiger partial charge on any atom is 0.166 e. The molecule has 2 aromatic heterocycles. The number of halogens is 1. The number of H-pyrrole nitrogens is 1. The summed E-state index contributed by atoms with van der Waals surface area (Å²) in [4.78, 5) is 3.92. The normalized spacial score (nSPS) is 10.0. The van der Waals surface area contributed by atoms with Gasteiger partial charge in [0.15, 0.2) is 5.69 Å². The van der Waals surface area contributed by atoms with Crippen LogP contribution in [0, 0.1) is 11.3 Å². The van der Waals surface area contributed by atoms with Crippen molar-refractivity contribution in [2.45, 2.75) is 0 Å². The summed E-state index contributed by atoms with van der Waals surface area (Å²) in [5, 5.41) is 16.1. The number of nitrogens with zero attached hydrogens (tertiary/aromatic N) is 3. The van der Waals surface area contributed by atoms with E-state index >= 15 is 0 Å². The molecule has 0 aliphatic rings. The minimum absolute atomic E-state index is 0.366. The van der Waals surface area contributed by atoms with Gasteiger partial charge in [0, 0.05) is 16.1 Å². The Morgan fingerprint density at radius 1 is 1.50 bits per heavy atom. The molecule has 0 aromatic carbocycles. The molecule has 0 atom stereocenters. The third kappa shape index (κ3) is 0.889. The molecule has 0 unspecified atom stereocenters. The van der Waals surface area contributed by atoms with E-state index in [2.05, 4.69) is 31.1 Å². The van der Waals surface area contributed by atoms with E-state index in [1.165, 1.54) is 0 Å². The van der Waals surface area contributed by atoms with Crippen LogP contribution in [0.4, 0.5) is 0 Å². The summed E-state index contributed by atoms with van der Waals surface area (Å²) in [6, 6.07) is 1.98. The fraction of sp³-hybridized carbons (Fsp3) is 0. The number of hydrogen-bond acceptors (Lipinski definition) is 3. The quantitative estimate of drug-likeness (QED) is 0.737. The summed E-state index contributed by atoms with van der Waals surface area (Å²) < 4.78 is 0.838. The Labute approximate surface area is 76.4 Å². The first-order chi connectivity index (χ1) is 5.83. The first-order valence-corrected chi connectivity index (χ1v) is 4.00. The lowest BCUT2D eigenvalue weighted by Gasteiger charge is -1.92. The smallest absolute Gasteiger partial charge is 0.166 e. The van der Waals surface area contributed by atoms with E-state index in [9.17, 15) is 0 Å². The van der Waals surface area contributed by atoms with Crippen LogP contribution in [0.3, 0.4) is 0 Å². The first-order valence-electron chi connectivity index (χ1n) is 3.20. The van der Waals surface area contributed by atoms with E-state index in [-0.39, 0.29) is 0 Å². The zero-order chi connectivity index (χ0) is 8.55. The highest BCUT2D eigenvalue weighted by molar-refractivity contribution is 9.10. The molecular formula is C7H3BrN4. The van der Waals surface area contributed by atoms with Crippen molar-refractivity contribution in [2.24, 2.45) is 0 Å². The van der Waals surface area contributed by atoms with E-state index in [1.807, 2.05) is 6.07 Å². The van der Waals surface area contributed by atoms with Crippen LogP contribution in [0.1, 0.15) is 5.69 Å². The highest BCUT2D eigenvalue weighted by Gasteiger charge is 2.06. The Morgan fingerprint density at radius 3 is 3.08 bits per heavy atom. The van der Waals surface area contributed by atoms with Crippen LogP contribution < -0.4 is 0 Å². The molecule has 2 rings (SSSR count). The molecule has 2 heterocycles. The van der Waals surface area contributed by atoms with Crippen molar-refractivity contribution in [1.82, 2.24) is 15.2 Å². The minimum atomic E-state index is 0.366. The number of hydrogen-bond donors (Lipinski definition) is 1. The molecule has 0 spiro atoms. The fourth-order valence-electron chi connectivity index (χ4n) is 0.988. The highest BCUT2D eigenvalue weighted by atomic mass is 79.9. The number of nitrogens with one attached hydrogen (secondary N) is 1. The molecule has 12 heavy (non-hydrogen) atoms. The number of fused-ring (bicyclic) bond motifs is 1. The molecular weight excluding hydrogens is 220 g/mol. The lowest BCUT2D eigenvalue weighted by Crippen LogP contribution is -1.84. The predicted molar refractivity (Wildman–Crippen MR) is 46.3 cm³/mol. The molecule has 0 aliphatic heterocycles. The molecule has 0 fully saturated rings. The van der Waals surface area contributed by atoms with Crippen molar-refractivity contribution in [2.75, 3.05) is 0 Å². The zero-order valence-corrected chi connectivity index (χ0v) is 7.46. The molecule has 0 radical (unpaired) electrons. The summed E-state index contributed by atoms with van der Waals surface area (Å²) in [6.07, 6.45) is 3.25. The van der Waals surface area contributed by atoms with Gasteiger partial charge in [0.2, 0.25) is 0 Å². The van der Waals surface area contributed by atoms with Crippen LogP contribution in [0.2, 0.25) is 0 Å². The molecule has 58 valence electrons. The molecule has 2 aromatic rings. The minimum Gasteiger partial charge on any atom is -0.275 e. The Bertz CT molecular complexity index is 468. The Hall–Kier alpha value is -1.41. The van der Waals surface area contributed by atoms with E-state index in [1.54, 1.807) is 12.4 Å². The van der Waals surface area contributed by atoms with Crippen molar-refractivity contribution in [3.8, 4) is 6.07 Å². The lowest BCUT2D eigenvalue weighted by atomic mass is 10.3. The Balaban J connectivity index is 2.94. The zero-order valence-electron chi connectivity index (χ0n) is 5.87. The van der Waals surface area contributed by atoms with Gasteiger partial charge in [-0.15, -0.1) is 0 Å². The average molecular weight is 223 g/mol. The van der Waals surface area contributed by atoms with Crippen molar-refractivity contribution in [1.29, 1.82) is 5.26 Å². The average Bonchev–Trinajstić information content (AvgIpc) is 2.54. The predicted octanol–water partition coefficient (Wildman–Crippen LogP) is 1.59. The Kier molecular flexibility index (Phi) is 1.55. The third-order valence-electron chi connectivity index (χ3n) is 1.55. The summed E-state index contributed by atoms with van der Waals surface area (Å²) in [5.41, 5.74) is 1.04. The van der Waals surface area contributed by atoms with Gasteiger partial charge in [-0.3, -0.25) is 5.10 Å². The van der Waals surface area contributed by atoms with E-state index in [4.69, 9.17) is 5.26 Å². The highest BCUT2D eigenvalue weighted by Crippen LogP contribution is 2.22. The van der Waals surface area contributed by atoms with Crippen molar-refractivity contribution >= 4 is 26.8 Å². The van der Waals surface area contributed by atoms with Crippen LogP contribution in [0.15, 0.2) is 16.9 Å². The van der Waals surface area contributed by atoms with E-state index in [0.29, 0.717) is 11.2 Å². The van der Waals surface area contributed by atoms with Crippen molar-refractivity contribution < 1.29 is 0 Å². The molecule has 0 aliphatic carbocycles. The molecule has 1 N–H and O–H groups in total. The molecule has 0 saturated carbocycles. The first kappa shape index (κ1) is 7.25. The third-order valence-corrected chi connectivity index (χ3v) is 2.18. The van der Waals surface area contributed by atoms with Crippen LogP contribution >= 0.6 is 15.9 Å². The molecule has 0 saturated heterocycles. The number of pyridine rings is 1. The second kappa shape index (κ2) is 2.57. The maximum atomic E-state index is 8.67. The number of rotatable bonds is 0. The van der Waals surface area contributed by atoms with Gasteiger partial charge in [-0.1, -0.05) is 0 Å². The standard InChI is InChI=1S/C7H3BrN4/c8-5-3-10-6(1-9)7-4(5)2-11-12-7/h2-3H,(H,11,12). The second-order valence-corrected chi connectivity index (χ2v) is 3.08. The van der Waals surface area contributed by atoms with Gasteiger partial charge in [0.05, 0.1) is 6.20 Å². The molecule has 5 heteroatoms. The van der Waals surface area contributed by atoms with E-state index in [0.717, 1.165) is 9.86 Å². The summed E-state index contributed by atoms with van der Waals surface area (Å²) in [7, 11) is 0. The number of nitriles is 1. The maximum absolute atomic E-state index is 8.67. The molecule has 0 amide bonds. The largest absolute Gasteiger partial charge is 0.275 e. The van der Waals surface area contributed by atoms with Gasteiger partial charge in [0.25, 0.3) is 0 Å². The van der Waals surface area contributed by atoms with Gasteiger partial charge in [0.1, 0.15) is 11.6 Å². The van der Waals surface area contributed by atoms with Gasteiger partial charge < -0.3 is 0 Å². The SMILES string of the molecule is N#Cc1ncc(Br)c2cn[nH]c12. The van der Waals surface area contributed by atoms with Crippen LogP contribution in [0.5, 0.6) is 0 Å². The van der Waals surface area contributed by atoms with Gasteiger partial charge in [-0.2, -0.15) is 10.4 Å². The molecule has 4 nitrogen and oxygen atoms in total. The topological polar surface area (TPSA) is 65.4 Å². The van der Waals surface area contributed by atoms with E-state index < -0.39 is 0 Å². The second-order valence-electron chi connectivity index (χ2n) is 2.23. The lowest BCUT2D eigenvalue weighted by molar-refractivity contribution is 1.11. The molecule has 0 bridgehead atoms. The van der Waals surface area contributed by atoms with Crippen LogP contribution in [-0.2, 0) is 0 Å².